The quantitative estimate of drug-likeness (QED) is 0.164. The summed E-state index contributed by atoms with van der Waals surface area (Å²) < 4.78 is 144. The number of nitrogens with zero attached hydrogens (tertiary/aromatic N) is 3. The summed E-state index contributed by atoms with van der Waals surface area (Å²) in [5.41, 5.74) is 1.88. The zero-order valence-corrected chi connectivity index (χ0v) is 28.9. The molecule has 2 heterocycles. The highest BCUT2D eigenvalue weighted by Gasteiger charge is 2.17. The molecule has 0 N–H and O–H groups in total. The van der Waals surface area contributed by atoms with Crippen molar-refractivity contribution in [2.45, 2.75) is 0 Å². The van der Waals surface area contributed by atoms with E-state index in [0.29, 0.717) is 10.7 Å². The number of thiophene rings is 1. The minimum atomic E-state index is -0.907. The lowest BCUT2D eigenvalue weighted by atomic mass is 10.0. The van der Waals surface area contributed by atoms with Gasteiger partial charge >= 0.3 is 0 Å². The first-order valence-electron chi connectivity index (χ1n) is 24.9. The number of fused-ring (bicyclic) bond motifs is 4. The van der Waals surface area contributed by atoms with Crippen LogP contribution in [0, 0.1) is 0 Å². The van der Waals surface area contributed by atoms with Crippen LogP contribution in [-0.2, 0) is 0 Å². The predicted molar refractivity (Wildman–Crippen MR) is 229 cm³/mol. The van der Waals surface area contributed by atoms with Gasteiger partial charge in [-0.1, -0.05) is 145 Å². The van der Waals surface area contributed by atoms with Gasteiger partial charge in [-0.2, -0.15) is 0 Å². The second-order valence-corrected chi connectivity index (χ2v) is 13.2. The van der Waals surface area contributed by atoms with Crippen LogP contribution in [0.25, 0.3) is 76.0 Å². The summed E-state index contributed by atoms with van der Waals surface area (Å²) >= 11 is 1.42. The van der Waals surface area contributed by atoms with Gasteiger partial charge in [0.05, 0.1) is 33.3 Å². The number of benzene rings is 8. The van der Waals surface area contributed by atoms with E-state index in [-0.39, 0.29) is 11.1 Å². The summed E-state index contributed by atoms with van der Waals surface area (Å²) in [6.45, 7) is 0. The van der Waals surface area contributed by atoms with Crippen molar-refractivity contribution in [1.82, 2.24) is 9.97 Å². The average Bonchev–Trinajstić information content (AvgIpc) is 3.75. The summed E-state index contributed by atoms with van der Waals surface area (Å²) in [4.78, 5) is 10.7. The summed E-state index contributed by atoms with van der Waals surface area (Å²) in [7, 11) is 0. The average molecular weight is 724 g/mol. The Bertz CT molecular complexity index is 3750. The fraction of sp³-hybridized carbons (Fsp3) is 0. The monoisotopic (exact) mass is 723 g/mol. The van der Waals surface area contributed by atoms with Crippen LogP contribution in [0.5, 0.6) is 0 Å². The highest BCUT2D eigenvalue weighted by Crippen LogP contribution is 2.42. The second kappa shape index (κ2) is 13.6. The summed E-state index contributed by atoms with van der Waals surface area (Å²) in [6, 6.07) is 19.8. The van der Waals surface area contributed by atoms with E-state index in [0.717, 1.165) is 48.3 Å². The number of hydrogen-bond donors (Lipinski definition) is 0. The molecule has 2 aromatic heterocycles. The molecule has 10 rings (SSSR count). The molecule has 0 amide bonds. The Labute approximate surface area is 340 Å². The highest BCUT2D eigenvalue weighted by molar-refractivity contribution is 7.26. The van der Waals surface area contributed by atoms with Gasteiger partial charge in [0.15, 0.2) is 5.82 Å². The minimum Gasteiger partial charge on any atom is -0.310 e. The fourth-order valence-electron chi connectivity index (χ4n) is 6.35. The van der Waals surface area contributed by atoms with Gasteiger partial charge in [0.1, 0.15) is 0 Å². The molecule has 0 aliphatic rings. The van der Waals surface area contributed by atoms with Gasteiger partial charge in [0.2, 0.25) is 0 Å². The SMILES string of the molecule is [2H]c1c([2H])c([2H])c(N(c2c([2H])c([2H])c(-c3ccc4c(c3)sc3c(-c5nc(-c6ccccc6)cc(-c6ccccc6)n5)cccc34)c([2H])c2[2H])c2c([2H])c([2H])c3c([2H])c([2H])c([2H])c([2H])c3c2[2H])c([2H])c1[2H]. The zero-order chi connectivity index (χ0) is 49.8. The Balaban J connectivity index is 1.18. The molecule has 0 radical (unpaired) electrons. The number of anilines is 3. The molecule has 0 fully saturated rings. The first kappa shape index (κ1) is 19.3. The molecule has 0 aliphatic heterocycles. The lowest BCUT2D eigenvalue weighted by Crippen LogP contribution is -2.09. The van der Waals surface area contributed by atoms with Crippen molar-refractivity contribution < 1.29 is 21.9 Å². The van der Waals surface area contributed by atoms with E-state index >= 15 is 0 Å². The van der Waals surface area contributed by atoms with Gasteiger partial charge in [-0.3, -0.25) is 0 Å². The van der Waals surface area contributed by atoms with Crippen LogP contribution < -0.4 is 4.90 Å². The molecule has 0 saturated heterocycles. The molecule has 8 aromatic carbocycles. The third kappa shape index (κ3) is 5.89. The molecule has 10 aromatic rings. The maximum atomic E-state index is 9.48. The molecule has 0 aliphatic carbocycles. The Morgan fingerprint density at radius 1 is 0.463 bits per heavy atom. The van der Waals surface area contributed by atoms with Crippen molar-refractivity contribution in [2.75, 3.05) is 4.90 Å². The Morgan fingerprint density at radius 3 is 1.83 bits per heavy atom. The summed E-state index contributed by atoms with van der Waals surface area (Å²) in [5.74, 6) is 0.493. The van der Waals surface area contributed by atoms with Crippen molar-refractivity contribution in [3.05, 3.63) is 200 Å². The Hall–Kier alpha value is -6.88. The number of para-hydroxylation sites is 1. The molecule has 54 heavy (non-hydrogen) atoms. The van der Waals surface area contributed by atoms with Crippen LogP contribution in [0.3, 0.4) is 0 Å². The zero-order valence-electron chi connectivity index (χ0n) is 44.1. The van der Waals surface area contributed by atoms with Gasteiger partial charge in [-0.25, -0.2) is 9.97 Å². The minimum absolute atomic E-state index is 0.156. The number of hydrogen-bond acceptors (Lipinski definition) is 4. The van der Waals surface area contributed by atoms with Crippen LogP contribution in [0.2, 0.25) is 0 Å². The van der Waals surface area contributed by atoms with Gasteiger partial charge < -0.3 is 4.90 Å². The third-order valence-electron chi connectivity index (χ3n) is 8.90. The van der Waals surface area contributed by atoms with Crippen molar-refractivity contribution in [1.29, 1.82) is 0 Å². The normalized spacial score (nSPS) is 15.5. The van der Waals surface area contributed by atoms with E-state index in [2.05, 4.69) is 0 Å². The summed E-state index contributed by atoms with van der Waals surface area (Å²) in [6.07, 6.45) is 0. The summed E-state index contributed by atoms with van der Waals surface area (Å²) in [5, 5.41) is 0.682. The van der Waals surface area contributed by atoms with Gasteiger partial charge in [-0.15, -0.1) is 11.3 Å². The Morgan fingerprint density at radius 2 is 1.11 bits per heavy atom. The van der Waals surface area contributed by atoms with Gasteiger partial charge in [0, 0.05) is 53.9 Å². The predicted octanol–water partition coefficient (Wildman–Crippen LogP) is 14.1. The largest absolute Gasteiger partial charge is 0.310 e. The lowest BCUT2D eigenvalue weighted by molar-refractivity contribution is 1.19. The van der Waals surface area contributed by atoms with Crippen LogP contribution in [0.15, 0.2) is 200 Å². The molecule has 254 valence electrons. The van der Waals surface area contributed by atoms with Crippen LogP contribution in [0.1, 0.15) is 21.9 Å². The van der Waals surface area contributed by atoms with Crippen LogP contribution in [0.4, 0.5) is 17.1 Å². The van der Waals surface area contributed by atoms with Gasteiger partial charge in [-0.05, 0) is 76.4 Å². The van der Waals surface area contributed by atoms with Crippen LogP contribution >= 0.6 is 11.3 Å². The van der Waals surface area contributed by atoms with Crippen molar-refractivity contribution >= 4 is 59.3 Å². The second-order valence-electron chi connectivity index (χ2n) is 12.2. The fourth-order valence-corrected chi connectivity index (χ4v) is 7.60. The number of rotatable bonds is 7. The number of aromatic nitrogens is 2. The molecule has 0 bridgehead atoms. The van der Waals surface area contributed by atoms with E-state index in [4.69, 9.17) is 25.0 Å². The molecule has 0 unspecified atom stereocenters. The van der Waals surface area contributed by atoms with E-state index in [1.165, 1.54) is 11.3 Å². The van der Waals surface area contributed by atoms with E-state index in [9.17, 15) is 6.85 Å². The molecular weight excluding hydrogens is 675 g/mol. The first-order chi connectivity index (χ1) is 33.4. The van der Waals surface area contributed by atoms with E-state index in [1.807, 2.05) is 91.0 Å². The molecule has 4 heteroatoms. The maximum Gasteiger partial charge on any atom is 0.161 e. The molecule has 3 nitrogen and oxygen atoms in total. The van der Waals surface area contributed by atoms with E-state index in [1.54, 1.807) is 12.1 Å². The Kier molecular flexibility index (Phi) is 4.85. The lowest BCUT2D eigenvalue weighted by Gasteiger charge is -2.26. The third-order valence-corrected chi connectivity index (χ3v) is 10.1. The standard InChI is InChI=1S/C50H33N3S/c1-4-14-36(15-5-1)46-33-47(37-16-6-2-7-17-37)52-50(51-46)45-22-12-21-44-43-30-26-39(32-48(43)54-49(44)45)35-23-27-41(28-24-35)53(40-19-8-3-9-20-40)42-29-25-34-13-10-11-18-38(34)31-42/h1-33H/i3D,8D,9D,10D,11D,13D,18D,19D,20D,23D,24D,25D,27D,28D,29D,31D. The maximum absolute atomic E-state index is 9.48. The van der Waals surface area contributed by atoms with Gasteiger partial charge in [0.25, 0.3) is 0 Å². The highest BCUT2D eigenvalue weighted by atomic mass is 32.1. The smallest absolute Gasteiger partial charge is 0.161 e. The molecular formula is C50H33N3S. The van der Waals surface area contributed by atoms with Crippen molar-refractivity contribution in [3.8, 4) is 45.0 Å². The van der Waals surface area contributed by atoms with Crippen LogP contribution in [-0.4, -0.2) is 9.97 Å². The first-order valence-corrected chi connectivity index (χ1v) is 17.7. The molecule has 0 atom stereocenters. The van der Waals surface area contributed by atoms with Crippen molar-refractivity contribution in [3.63, 3.8) is 0 Å². The molecule has 0 spiro atoms. The van der Waals surface area contributed by atoms with E-state index < -0.39 is 125 Å². The topological polar surface area (TPSA) is 29.0 Å². The molecule has 0 saturated carbocycles. The van der Waals surface area contributed by atoms with Crippen molar-refractivity contribution in [2.24, 2.45) is 0 Å².